The van der Waals surface area contributed by atoms with Crippen molar-refractivity contribution in [2.24, 2.45) is 0 Å². The maximum absolute atomic E-state index is 9.93. The number of hydrogen-bond acceptors (Lipinski definition) is 3. The molecule has 0 spiro atoms. The van der Waals surface area contributed by atoms with E-state index in [1.807, 2.05) is 25.1 Å². The van der Waals surface area contributed by atoms with Crippen molar-refractivity contribution in [1.82, 2.24) is 5.32 Å². The zero-order chi connectivity index (χ0) is 15.0. The minimum atomic E-state index is -0.493. The molecule has 0 fully saturated rings. The van der Waals surface area contributed by atoms with Crippen molar-refractivity contribution in [3.05, 3.63) is 28.2 Å². The van der Waals surface area contributed by atoms with Crippen LogP contribution >= 0.6 is 15.9 Å². The monoisotopic (exact) mass is 343 g/mol. The van der Waals surface area contributed by atoms with Crippen LogP contribution in [0, 0.1) is 6.92 Å². The van der Waals surface area contributed by atoms with E-state index in [1.165, 1.54) is 18.4 Å². The highest BCUT2D eigenvalue weighted by molar-refractivity contribution is 9.10. The minimum Gasteiger partial charge on any atom is -0.490 e. The van der Waals surface area contributed by atoms with Gasteiger partial charge in [0, 0.05) is 12.6 Å². The van der Waals surface area contributed by atoms with Crippen LogP contribution in [0.3, 0.4) is 0 Å². The highest BCUT2D eigenvalue weighted by Crippen LogP contribution is 2.25. The van der Waals surface area contributed by atoms with Gasteiger partial charge in [0.1, 0.15) is 18.5 Å². The Bertz CT molecular complexity index is 398. The van der Waals surface area contributed by atoms with Gasteiger partial charge in [-0.3, -0.25) is 0 Å². The predicted octanol–water partition coefficient (Wildman–Crippen LogP) is 3.67. The van der Waals surface area contributed by atoms with Gasteiger partial charge in [0.2, 0.25) is 0 Å². The van der Waals surface area contributed by atoms with Gasteiger partial charge in [-0.15, -0.1) is 0 Å². The molecule has 0 aliphatic heterocycles. The van der Waals surface area contributed by atoms with E-state index in [0.29, 0.717) is 19.2 Å². The van der Waals surface area contributed by atoms with E-state index >= 15 is 0 Å². The van der Waals surface area contributed by atoms with Crippen molar-refractivity contribution in [3.63, 3.8) is 0 Å². The maximum Gasteiger partial charge on any atom is 0.133 e. The summed E-state index contributed by atoms with van der Waals surface area (Å²) in [6, 6.07) is 6.36. The Hall–Kier alpha value is -0.580. The summed E-state index contributed by atoms with van der Waals surface area (Å²) in [6.07, 6.45) is 3.08. The number of aliphatic hydroxyl groups excluding tert-OH is 1. The van der Waals surface area contributed by atoms with Crippen LogP contribution in [-0.4, -0.2) is 30.4 Å². The third-order valence-electron chi connectivity index (χ3n) is 3.21. The van der Waals surface area contributed by atoms with E-state index in [0.717, 1.165) is 16.6 Å². The predicted molar refractivity (Wildman–Crippen MR) is 87.4 cm³/mol. The number of benzene rings is 1. The van der Waals surface area contributed by atoms with E-state index in [4.69, 9.17) is 4.74 Å². The quantitative estimate of drug-likeness (QED) is 0.718. The average molecular weight is 344 g/mol. The molecule has 0 bridgehead atoms. The molecule has 0 amide bonds. The van der Waals surface area contributed by atoms with E-state index in [2.05, 4.69) is 35.1 Å². The molecule has 2 atom stereocenters. The first-order chi connectivity index (χ1) is 9.52. The van der Waals surface area contributed by atoms with Crippen LogP contribution in [0.15, 0.2) is 22.7 Å². The zero-order valence-corrected chi connectivity index (χ0v) is 14.2. The first kappa shape index (κ1) is 17.5. The molecule has 2 unspecified atom stereocenters. The summed E-state index contributed by atoms with van der Waals surface area (Å²) in [5.74, 6) is 0.772. The van der Waals surface area contributed by atoms with Gasteiger partial charge in [-0.25, -0.2) is 0 Å². The van der Waals surface area contributed by atoms with E-state index < -0.39 is 6.10 Å². The second-order valence-electron chi connectivity index (χ2n) is 5.35. The first-order valence-electron chi connectivity index (χ1n) is 7.33. The summed E-state index contributed by atoms with van der Waals surface area (Å²) < 4.78 is 6.56. The fraction of sp³-hybridized carbons (Fsp3) is 0.625. The SMILES string of the molecule is CCCCC(C)NCC(O)COc1ccc(C)cc1Br. The molecule has 20 heavy (non-hydrogen) atoms. The molecule has 3 nitrogen and oxygen atoms in total. The molecule has 0 aliphatic carbocycles. The summed E-state index contributed by atoms with van der Waals surface area (Å²) >= 11 is 3.47. The van der Waals surface area contributed by atoms with Gasteiger partial charge < -0.3 is 15.2 Å². The van der Waals surface area contributed by atoms with E-state index in [9.17, 15) is 5.11 Å². The van der Waals surface area contributed by atoms with Crippen molar-refractivity contribution < 1.29 is 9.84 Å². The molecule has 1 rings (SSSR count). The summed E-state index contributed by atoms with van der Waals surface area (Å²) in [5.41, 5.74) is 1.18. The van der Waals surface area contributed by atoms with Gasteiger partial charge in [0.25, 0.3) is 0 Å². The number of ether oxygens (including phenoxy) is 1. The Kier molecular flexibility index (Phi) is 8.19. The summed E-state index contributed by atoms with van der Waals surface area (Å²) in [6.45, 7) is 7.24. The van der Waals surface area contributed by atoms with Crippen molar-refractivity contribution >= 4 is 15.9 Å². The number of rotatable bonds is 9. The largest absolute Gasteiger partial charge is 0.490 e. The third-order valence-corrected chi connectivity index (χ3v) is 3.83. The molecule has 1 aromatic carbocycles. The van der Waals surface area contributed by atoms with Crippen LogP contribution in [0.1, 0.15) is 38.7 Å². The Balaban J connectivity index is 2.27. The van der Waals surface area contributed by atoms with Crippen LogP contribution in [0.25, 0.3) is 0 Å². The lowest BCUT2D eigenvalue weighted by Crippen LogP contribution is -2.36. The first-order valence-corrected chi connectivity index (χ1v) is 8.12. The number of unbranched alkanes of at least 4 members (excludes halogenated alkanes) is 1. The Morgan fingerprint density at radius 2 is 2.15 bits per heavy atom. The molecule has 0 saturated heterocycles. The van der Waals surface area contributed by atoms with Crippen LogP contribution < -0.4 is 10.1 Å². The normalized spacial score (nSPS) is 14.1. The lowest BCUT2D eigenvalue weighted by molar-refractivity contribution is 0.103. The van der Waals surface area contributed by atoms with E-state index in [1.54, 1.807) is 0 Å². The lowest BCUT2D eigenvalue weighted by atomic mass is 10.1. The molecular weight excluding hydrogens is 318 g/mol. The summed E-state index contributed by atoms with van der Waals surface area (Å²) in [7, 11) is 0. The number of aryl methyl sites for hydroxylation is 1. The topological polar surface area (TPSA) is 41.5 Å². The highest BCUT2D eigenvalue weighted by Gasteiger charge is 2.09. The van der Waals surface area contributed by atoms with Crippen molar-refractivity contribution in [2.75, 3.05) is 13.2 Å². The second kappa shape index (κ2) is 9.37. The van der Waals surface area contributed by atoms with E-state index in [-0.39, 0.29) is 0 Å². The molecular formula is C16H26BrNO2. The molecule has 1 aromatic rings. The maximum atomic E-state index is 9.93. The minimum absolute atomic E-state index is 0.301. The average Bonchev–Trinajstić information content (AvgIpc) is 2.41. The summed E-state index contributed by atoms with van der Waals surface area (Å²) in [4.78, 5) is 0. The smallest absolute Gasteiger partial charge is 0.133 e. The van der Waals surface area contributed by atoms with Crippen LogP contribution in [-0.2, 0) is 0 Å². The van der Waals surface area contributed by atoms with Gasteiger partial charge in [-0.1, -0.05) is 25.8 Å². The molecule has 0 saturated carbocycles. The molecule has 0 aromatic heterocycles. The molecule has 4 heteroatoms. The molecule has 0 radical (unpaired) electrons. The Morgan fingerprint density at radius 1 is 1.40 bits per heavy atom. The molecule has 0 heterocycles. The van der Waals surface area contributed by atoms with Crippen LogP contribution in [0.4, 0.5) is 0 Å². The fourth-order valence-electron chi connectivity index (χ4n) is 1.92. The summed E-state index contributed by atoms with van der Waals surface area (Å²) in [5, 5.41) is 13.3. The lowest BCUT2D eigenvalue weighted by Gasteiger charge is -2.18. The fourth-order valence-corrected chi connectivity index (χ4v) is 2.53. The standard InChI is InChI=1S/C16H26BrNO2/c1-4-5-6-13(3)18-10-14(19)11-20-16-8-7-12(2)9-15(16)17/h7-9,13-14,18-19H,4-6,10-11H2,1-3H3. The van der Waals surface area contributed by atoms with Crippen LogP contribution in [0.2, 0.25) is 0 Å². The van der Waals surface area contributed by atoms with Gasteiger partial charge in [-0.05, 0) is 53.9 Å². The van der Waals surface area contributed by atoms with Crippen LogP contribution in [0.5, 0.6) is 5.75 Å². The van der Waals surface area contributed by atoms with Crippen molar-refractivity contribution in [2.45, 2.75) is 52.2 Å². The Labute approximate surface area is 130 Å². The number of nitrogens with one attached hydrogen (secondary N) is 1. The molecule has 2 N–H and O–H groups in total. The number of hydrogen-bond donors (Lipinski definition) is 2. The highest BCUT2D eigenvalue weighted by atomic mass is 79.9. The third kappa shape index (κ3) is 6.73. The van der Waals surface area contributed by atoms with Gasteiger partial charge in [0.15, 0.2) is 0 Å². The van der Waals surface area contributed by atoms with Gasteiger partial charge in [0.05, 0.1) is 4.47 Å². The van der Waals surface area contributed by atoms with Crippen molar-refractivity contribution in [3.8, 4) is 5.75 Å². The second-order valence-corrected chi connectivity index (χ2v) is 6.20. The Morgan fingerprint density at radius 3 is 2.80 bits per heavy atom. The van der Waals surface area contributed by atoms with Gasteiger partial charge >= 0.3 is 0 Å². The van der Waals surface area contributed by atoms with Gasteiger partial charge in [-0.2, -0.15) is 0 Å². The zero-order valence-electron chi connectivity index (χ0n) is 12.7. The molecule has 114 valence electrons. The number of halogens is 1. The molecule has 0 aliphatic rings. The van der Waals surface area contributed by atoms with Crippen molar-refractivity contribution in [1.29, 1.82) is 0 Å². The number of aliphatic hydroxyl groups is 1.